The zero-order valence-corrected chi connectivity index (χ0v) is 21.9. The third-order valence-corrected chi connectivity index (χ3v) is 8.09. The van der Waals surface area contributed by atoms with E-state index < -0.39 is 12.1 Å². The van der Waals surface area contributed by atoms with Crippen molar-refractivity contribution in [2.75, 3.05) is 26.7 Å². The van der Waals surface area contributed by atoms with E-state index in [9.17, 15) is 15.0 Å². The lowest BCUT2D eigenvalue weighted by Crippen LogP contribution is -2.41. The number of hydrogen-bond donors (Lipinski definition) is 2. The maximum absolute atomic E-state index is 11.3. The fourth-order valence-corrected chi connectivity index (χ4v) is 5.94. The van der Waals surface area contributed by atoms with E-state index in [4.69, 9.17) is 16.3 Å². The number of fused-ring (bicyclic) bond motifs is 1. The second-order valence-electron chi connectivity index (χ2n) is 9.26. The number of hydrogen-bond acceptors (Lipinski definition) is 6. The molecule has 0 spiro atoms. The molecule has 3 atom stereocenters. The number of pyridine rings is 1. The molecule has 1 aliphatic rings. The van der Waals surface area contributed by atoms with Gasteiger partial charge in [-0.15, -0.1) is 11.3 Å². The van der Waals surface area contributed by atoms with Gasteiger partial charge in [-0.05, 0) is 86.0 Å². The van der Waals surface area contributed by atoms with Gasteiger partial charge in [-0.1, -0.05) is 23.4 Å². The first-order valence-corrected chi connectivity index (χ1v) is 13.4. The summed E-state index contributed by atoms with van der Waals surface area (Å²) in [6.45, 7) is 2.39. The van der Waals surface area contributed by atoms with Crippen molar-refractivity contribution in [3.63, 3.8) is 0 Å². The summed E-state index contributed by atoms with van der Waals surface area (Å²) < 4.78 is 6.09. The molecule has 36 heavy (non-hydrogen) atoms. The van der Waals surface area contributed by atoms with Gasteiger partial charge in [-0.3, -0.25) is 14.7 Å². The van der Waals surface area contributed by atoms with Crippen LogP contribution < -0.4 is 4.74 Å². The van der Waals surface area contributed by atoms with Crippen molar-refractivity contribution in [1.82, 2.24) is 9.88 Å². The molecule has 2 N–H and O–H groups in total. The van der Waals surface area contributed by atoms with Crippen molar-refractivity contribution in [2.45, 2.75) is 38.2 Å². The molecule has 4 rings (SSSR count). The minimum absolute atomic E-state index is 0.158. The van der Waals surface area contributed by atoms with E-state index in [-0.39, 0.29) is 12.3 Å². The van der Waals surface area contributed by atoms with Crippen LogP contribution >= 0.6 is 22.9 Å². The number of nitrogens with zero attached hydrogens (tertiary/aromatic N) is 2. The molecule has 0 radical (unpaired) electrons. The number of halogens is 1. The molecule has 0 aliphatic carbocycles. The average Bonchev–Trinajstić information content (AvgIpc) is 3.30. The Morgan fingerprint density at radius 1 is 1.28 bits per heavy atom. The molecule has 3 heterocycles. The number of aliphatic hydroxyl groups excluding tert-OH is 1. The number of aromatic nitrogens is 1. The van der Waals surface area contributed by atoms with Crippen LogP contribution in [0.3, 0.4) is 0 Å². The van der Waals surface area contributed by atoms with Gasteiger partial charge in [-0.25, -0.2) is 0 Å². The quantitative estimate of drug-likeness (QED) is 0.352. The first kappa shape index (κ1) is 26.4. The number of methoxy groups -OCH3 is 1. The zero-order valence-electron chi connectivity index (χ0n) is 20.3. The number of aliphatic carboxylic acids is 1. The van der Waals surface area contributed by atoms with Gasteiger partial charge in [0.2, 0.25) is 0 Å². The molecule has 1 aliphatic heterocycles. The summed E-state index contributed by atoms with van der Waals surface area (Å²) in [6, 6.07) is 11.3. The van der Waals surface area contributed by atoms with Crippen LogP contribution in [0.15, 0.2) is 42.6 Å². The normalized spacial score (nSPS) is 19.0. The van der Waals surface area contributed by atoms with E-state index in [0.717, 1.165) is 57.4 Å². The number of aliphatic hydroxyl groups is 1. The van der Waals surface area contributed by atoms with Crippen LogP contribution in [0.2, 0.25) is 4.34 Å². The largest absolute Gasteiger partial charge is 0.497 e. The highest BCUT2D eigenvalue weighted by Crippen LogP contribution is 2.35. The Labute approximate surface area is 220 Å². The maximum atomic E-state index is 11.3. The number of thiophene rings is 1. The summed E-state index contributed by atoms with van der Waals surface area (Å²) >= 11 is 7.45. The number of rotatable bonds is 9. The molecule has 8 heteroatoms. The molecule has 190 valence electrons. The first-order valence-electron chi connectivity index (χ1n) is 12.2. The van der Waals surface area contributed by atoms with Crippen LogP contribution in [-0.4, -0.2) is 52.8 Å². The van der Waals surface area contributed by atoms with E-state index in [1.54, 1.807) is 13.3 Å². The second-order valence-corrected chi connectivity index (χ2v) is 11.0. The van der Waals surface area contributed by atoms with E-state index in [2.05, 4.69) is 21.7 Å². The monoisotopic (exact) mass is 526 g/mol. The maximum Gasteiger partial charge on any atom is 0.303 e. The summed E-state index contributed by atoms with van der Waals surface area (Å²) in [5.74, 6) is 7.00. The van der Waals surface area contributed by atoms with Crippen LogP contribution in [0, 0.1) is 23.7 Å². The summed E-state index contributed by atoms with van der Waals surface area (Å²) in [7, 11) is 1.63. The molecular weight excluding hydrogens is 496 g/mol. The smallest absolute Gasteiger partial charge is 0.303 e. The summed E-state index contributed by atoms with van der Waals surface area (Å²) in [6.07, 6.45) is 4.32. The molecule has 1 saturated heterocycles. The molecule has 0 saturated carbocycles. The van der Waals surface area contributed by atoms with E-state index in [0.29, 0.717) is 25.3 Å². The summed E-state index contributed by atoms with van der Waals surface area (Å²) in [4.78, 5) is 19.0. The predicted octanol–water partition coefficient (Wildman–Crippen LogP) is 5.63. The van der Waals surface area contributed by atoms with Crippen LogP contribution in [0.25, 0.3) is 10.9 Å². The third kappa shape index (κ3) is 6.98. The van der Waals surface area contributed by atoms with Gasteiger partial charge < -0.3 is 14.9 Å². The lowest BCUT2D eigenvalue weighted by Gasteiger charge is -2.38. The van der Waals surface area contributed by atoms with Crippen molar-refractivity contribution in [3.05, 3.63) is 57.4 Å². The highest BCUT2D eigenvalue weighted by molar-refractivity contribution is 7.16. The molecular formula is C28H31ClN2O4S. The van der Waals surface area contributed by atoms with E-state index >= 15 is 0 Å². The lowest BCUT2D eigenvalue weighted by atomic mass is 9.79. The molecule has 2 aromatic heterocycles. The minimum atomic E-state index is -0.766. The van der Waals surface area contributed by atoms with Crippen LogP contribution in [0.5, 0.6) is 5.75 Å². The summed E-state index contributed by atoms with van der Waals surface area (Å²) in [5.41, 5.74) is 1.67. The fourth-order valence-electron chi connectivity index (χ4n) is 5.03. The number of likely N-dealkylation sites (tertiary alicyclic amines) is 1. The predicted molar refractivity (Wildman–Crippen MR) is 144 cm³/mol. The van der Waals surface area contributed by atoms with Crippen LogP contribution in [-0.2, 0) is 4.79 Å². The molecule has 3 aromatic rings. The van der Waals surface area contributed by atoms with Gasteiger partial charge in [-0.2, -0.15) is 0 Å². The zero-order chi connectivity index (χ0) is 25.5. The Hall–Kier alpha value is -2.63. The Balaban J connectivity index is 1.39. The highest BCUT2D eigenvalue weighted by Gasteiger charge is 2.30. The number of benzene rings is 1. The third-order valence-electron chi connectivity index (χ3n) is 6.94. The van der Waals surface area contributed by atoms with Gasteiger partial charge >= 0.3 is 5.97 Å². The van der Waals surface area contributed by atoms with E-state index in [1.165, 1.54) is 11.3 Å². The number of carbonyl (C=O) groups is 1. The van der Waals surface area contributed by atoms with Crippen molar-refractivity contribution in [3.8, 4) is 17.6 Å². The number of carboxylic acids is 1. The topological polar surface area (TPSA) is 82.9 Å². The molecule has 1 fully saturated rings. The van der Waals surface area contributed by atoms with Gasteiger partial charge in [0.25, 0.3) is 0 Å². The SMILES string of the molecule is COc1ccc2nccc([C@H](O)CC[C@@H]3CCN(CC#Cc4ccc(Cl)s4)C[C@H]3CCC(=O)O)c2c1. The number of piperidine rings is 1. The number of ether oxygens (including phenoxy) is 1. The van der Waals surface area contributed by atoms with Crippen LogP contribution in [0.4, 0.5) is 0 Å². The molecule has 0 amide bonds. The lowest BCUT2D eigenvalue weighted by molar-refractivity contribution is -0.137. The van der Waals surface area contributed by atoms with Gasteiger partial charge in [0.1, 0.15) is 5.75 Å². The van der Waals surface area contributed by atoms with Gasteiger partial charge in [0.05, 0.1) is 34.5 Å². The van der Waals surface area contributed by atoms with Crippen molar-refractivity contribution >= 4 is 39.8 Å². The molecule has 0 unspecified atom stereocenters. The standard InChI is InChI=1S/C28H31ClN2O4S/c1-35-21-6-8-25-24(17-21)23(12-14-30-25)26(32)9-4-19-13-16-31(18-20(19)5-11-28(33)34)15-2-3-22-7-10-27(29)36-22/h6-8,10,12,14,17,19-20,26,32H,4-5,9,11,13,15-16,18H2,1H3,(H,33,34)/t19-,20-,26-/m1/s1. The van der Waals surface area contributed by atoms with Crippen LogP contribution in [0.1, 0.15) is 48.6 Å². The van der Waals surface area contributed by atoms with Crippen molar-refractivity contribution < 1.29 is 19.7 Å². The van der Waals surface area contributed by atoms with Gasteiger partial charge in [0, 0.05) is 24.5 Å². The second kappa shape index (κ2) is 12.6. The molecule has 0 bridgehead atoms. The van der Waals surface area contributed by atoms with Gasteiger partial charge in [0.15, 0.2) is 0 Å². The molecule has 1 aromatic carbocycles. The molecule has 6 nitrogen and oxygen atoms in total. The minimum Gasteiger partial charge on any atom is -0.497 e. The van der Waals surface area contributed by atoms with E-state index in [1.807, 2.05) is 36.4 Å². The average molecular weight is 527 g/mol. The number of carboxylic acid groups (broad SMARTS) is 1. The Morgan fingerprint density at radius 3 is 2.89 bits per heavy atom. The van der Waals surface area contributed by atoms with Crippen molar-refractivity contribution in [2.24, 2.45) is 11.8 Å². The fraction of sp³-hybridized carbons (Fsp3) is 0.429. The Morgan fingerprint density at radius 2 is 2.14 bits per heavy atom. The van der Waals surface area contributed by atoms with Crippen molar-refractivity contribution in [1.29, 1.82) is 0 Å². The highest BCUT2D eigenvalue weighted by atomic mass is 35.5. The Bertz CT molecular complexity index is 1250. The summed E-state index contributed by atoms with van der Waals surface area (Å²) in [5, 5.41) is 21.3. The first-order chi connectivity index (χ1) is 17.4. The Kier molecular flexibility index (Phi) is 9.22.